The molecule has 2 aliphatic rings. The van der Waals surface area contributed by atoms with Gasteiger partial charge in [0, 0.05) is 56.3 Å². The van der Waals surface area contributed by atoms with E-state index in [4.69, 9.17) is 14.5 Å². The normalized spacial score (nSPS) is 18.4. The minimum atomic E-state index is -0.199. The molecule has 0 saturated carbocycles. The second-order valence-corrected chi connectivity index (χ2v) is 9.15. The van der Waals surface area contributed by atoms with Crippen LogP contribution in [0.2, 0.25) is 0 Å². The Morgan fingerprint density at radius 2 is 1.89 bits per heavy atom. The number of aromatic nitrogens is 3. The number of carbonyl (C=O) groups is 1. The molecule has 0 bridgehead atoms. The number of rotatable bonds is 8. The van der Waals surface area contributed by atoms with E-state index in [-0.39, 0.29) is 17.6 Å². The number of fused-ring (bicyclic) bond motifs is 1. The van der Waals surface area contributed by atoms with Crippen molar-refractivity contribution in [2.75, 3.05) is 57.9 Å². The highest BCUT2D eigenvalue weighted by molar-refractivity contribution is 5.94. The van der Waals surface area contributed by atoms with Gasteiger partial charge < -0.3 is 20.1 Å². The summed E-state index contributed by atoms with van der Waals surface area (Å²) >= 11 is 0. The molecule has 2 aliphatic heterocycles. The molecule has 2 aromatic heterocycles. The Kier molecular flexibility index (Phi) is 7.55. The highest BCUT2D eigenvalue weighted by Crippen LogP contribution is 2.19. The van der Waals surface area contributed by atoms with Gasteiger partial charge in [-0.2, -0.15) is 4.98 Å². The van der Waals surface area contributed by atoms with Gasteiger partial charge in [0.15, 0.2) is 5.65 Å². The van der Waals surface area contributed by atoms with E-state index >= 15 is 0 Å². The lowest BCUT2D eigenvalue weighted by Gasteiger charge is -2.26. The largest absolute Gasteiger partial charge is 0.379 e. The van der Waals surface area contributed by atoms with Crippen molar-refractivity contribution in [2.24, 2.45) is 0 Å². The van der Waals surface area contributed by atoms with E-state index in [1.807, 2.05) is 6.92 Å². The quantitative estimate of drug-likeness (QED) is 0.489. The number of ether oxygens (including phenoxy) is 2. The first-order valence-electron chi connectivity index (χ1n) is 12.5. The Balaban J connectivity index is 1.34. The van der Waals surface area contributed by atoms with Crippen molar-refractivity contribution >= 4 is 22.9 Å². The number of hydrogen-bond donors (Lipinski definition) is 2. The van der Waals surface area contributed by atoms with Gasteiger partial charge in [-0.15, -0.1) is 0 Å². The fourth-order valence-corrected chi connectivity index (χ4v) is 4.62. The van der Waals surface area contributed by atoms with Gasteiger partial charge in [0.05, 0.1) is 30.7 Å². The zero-order chi connectivity index (χ0) is 24.9. The topological polar surface area (TPSA) is 111 Å². The number of amides is 1. The molecule has 2 fully saturated rings. The number of nitrogens with zero attached hydrogens (tertiary/aromatic N) is 4. The van der Waals surface area contributed by atoms with Crippen molar-refractivity contribution in [1.82, 2.24) is 24.8 Å². The summed E-state index contributed by atoms with van der Waals surface area (Å²) in [5.41, 5.74) is 2.28. The number of aryl methyl sites for hydroxylation is 1. The van der Waals surface area contributed by atoms with Gasteiger partial charge in [0.25, 0.3) is 11.5 Å². The van der Waals surface area contributed by atoms with Crippen LogP contribution in [0.15, 0.2) is 41.2 Å². The number of hydrogen-bond acceptors (Lipinski definition) is 8. The molecule has 1 atom stereocenters. The van der Waals surface area contributed by atoms with E-state index < -0.39 is 0 Å². The van der Waals surface area contributed by atoms with Crippen molar-refractivity contribution in [3.63, 3.8) is 0 Å². The minimum absolute atomic E-state index is 0.0853. The highest BCUT2D eigenvalue weighted by Gasteiger charge is 2.17. The minimum Gasteiger partial charge on any atom is -0.379 e. The molecule has 3 aromatic rings. The van der Waals surface area contributed by atoms with Gasteiger partial charge in [-0.25, -0.2) is 4.98 Å². The number of nitrogens with one attached hydrogen (secondary N) is 2. The van der Waals surface area contributed by atoms with Crippen LogP contribution in [0.4, 0.5) is 5.95 Å². The molecule has 1 aromatic carbocycles. The van der Waals surface area contributed by atoms with Crippen LogP contribution in [0.25, 0.3) is 16.7 Å². The molecule has 0 spiro atoms. The van der Waals surface area contributed by atoms with Crippen LogP contribution in [0.3, 0.4) is 0 Å². The SMILES string of the molecule is Cc1nc(NCCN2CCOCC2)nc2c1ccc(=O)n2-c1ccc(C(=O)NCC2CCCO2)cc1. The number of morpholine rings is 1. The fraction of sp³-hybridized carbons (Fsp3) is 0.462. The molecule has 2 saturated heterocycles. The van der Waals surface area contributed by atoms with Gasteiger partial charge in [-0.3, -0.25) is 19.1 Å². The van der Waals surface area contributed by atoms with E-state index in [0.717, 1.165) is 63.4 Å². The zero-order valence-electron chi connectivity index (χ0n) is 20.5. The third kappa shape index (κ3) is 5.56. The summed E-state index contributed by atoms with van der Waals surface area (Å²) in [7, 11) is 0. The molecule has 0 aliphatic carbocycles. The lowest BCUT2D eigenvalue weighted by molar-refractivity contribution is 0.0398. The Morgan fingerprint density at radius 1 is 1.08 bits per heavy atom. The Hall–Kier alpha value is -3.34. The van der Waals surface area contributed by atoms with E-state index in [1.54, 1.807) is 34.9 Å². The van der Waals surface area contributed by atoms with E-state index in [2.05, 4.69) is 20.5 Å². The summed E-state index contributed by atoms with van der Waals surface area (Å²) in [4.78, 5) is 37.1. The predicted molar refractivity (Wildman–Crippen MR) is 137 cm³/mol. The molecule has 10 nitrogen and oxygen atoms in total. The average Bonchev–Trinajstić information content (AvgIpc) is 3.42. The van der Waals surface area contributed by atoms with Crippen molar-refractivity contribution in [1.29, 1.82) is 0 Å². The highest BCUT2D eigenvalue weighted by atomic mass is 16.5. The maximum atomic E-state index is 12.9. The molecular formula is C26H32N6O4. The summed E-state index contributed by atoms with van der Waals surface area (Å²) in [5, 5.41) is 7.03. The number of anilines is 1. The van der Waals surface area contributed by atoms with E-state index in [9.17, 15) is 9.59 Å². The van der Waals surface area contributed by atoms with Crippen LogP contribution in [0, 0.1) is 6.92 Å². The van der Waals surface area contributed by atoms with Gasteiger partial charge in [0.1, 0.15) is 0 Å². The summed E-state index contributed by atoms with van der Waals surface area (Å²) in [6.45, 7) is 8.07. The Labute approximate surface area is 209 Å². The molecule has 10 heteroatoms. The maximum absolute atomic E-state index is 12.9. The Bertz CT molecular complexity index is 1260. The molecule has 190 valence electrons. The van der Waals surface area contributed by atoms with Gasteiger partial charge >= 0.3 is 0 Å². The molecule has 0 radical (unpaired) electrons. The van der Waals surface area contributed by atoms with Crippen LogP contribution in [0.1, 0.15) is 28.9 Å². The Morgan fingerprint density at radius 3 is 2.64 bits per heavy atom. The zero-order valence-corrected chi connectivity index (χ0v) is 20.5. The number of carbonyl (C=O) groups excluding carboxylic acids is 1. The second kappa shape index (κ2) is 11.2. The van der Waals surface area contributed by atoms with Gasteiger partial charge in [0.2, 0.25) is 5.95 Å². The molecule has 1 amide bonds. The van der Waals surface area contributed by atoms with Crippen molar-refractivity contribution in [2.45, 2.75) is 25.9 Å². The van der Waals surface area contributed by atoms with Crippen LogP contribution in [0.5, 0.6) is 0 Å². The van der Waals surface area contributed by atoms with Gasteiger partial charge in [-0.1, -0.05) is 0 Å². The van der Waals surface area contributed by atoms with Crippen LogP contribution < -0.4 is 16.2 Å². The average molecular weight is 493 g/mol. The predicted octanol–water partition coefficient (Wildman–Crippen LogP) is 1.74. The smallest absolute Gasteiger partial charge is 0.256 e. The lowest BCUT2D eigenvalue weighted by atomic mass is 10.1. The second-order valence-electron chi connectivity index (χ2n) is 9.15. The van der Waals surface area contributed by atoms with Gasteiger partial charge in [-0.05, 0) is 50.1 Å². The molecular weight excluding hydrogens is 460 g/mol. The van der Waals surface area contributed by atoms with Crippen LogP contribution >= 0.6 is 0 Å². The molecule has 1 unspecified atom stereocenters. The molecule has 2 N–H and O–H groups in total. The summed E-state index contributed by atoms with van der Waals surface area (Å²) in [5.74, 6) is 0.324. The molecule has 4 heterocycles. The third-order valence-corrected chi connectivity index (χ3v) is 6.66. The molecule has 36 heavy (non-hydrogen) atoms. The van der Waals surface area contributed by atoms with Crippen molar-refractivity contribution < 1.29 is 14.3 Å². The first-order chi connectivity index (χ1) is 17.6. The lowest BCUT2D eigenvalue weighted by Crippen LogP contribution is -2.39. The summed E-state index contributed by atoms with van der Waals surface area (Å²) < 4.78 is 12.5. The molecule has 5 rings (SSSR count). The van der Waals surface area contributed by atoms with E-state index in [1.165, 1.54) is 6.07 Å². The maximum Gasteiger partial charge on any atom is 0.256 e. The van der Waals surface area contributed by atoms with Crippen LogP contribution in [-0.2, 0) is 9.47 Å². The van der Waals surface area contributed by atoms with Crippen LogP contribution in [-0.4, -0.2) is 84.0 Å². The third-order valence-electron chi connectivity index (χ3n) is 6.66. The first kappa shape index (κ1) is 24.4. The number of benzene rings is 1. The standard InChI is InChI=1S/C26H32N6O4/c1-18-22-8-9-23(33)32(24(22)30-26(29-18)27-10-11-31-12-15-35-16-13-31)20-6-4-19(5-7-20)25(34)28-17-21-3-2-14-36-21/h4-9,21H,2-3,10-17H2,1H3,(H,28,34)(H,27,29,30). The summed E-state index contributed by atoms with van der Waals surface area (Å²) in [6, 6.07) is 10.3. The first-order valence-corrected chi connectivity index (χ1v) is 12.5. The van der Waals surface area contributed by atoms with Crippen molar-refractivity contribution in [3.05, 3.63) is 58.0 Å². The fourth-order valence-electron chi connectivity index (χ4n) is 4.62. The van der Waals surface area contributed by atoms with E-state index in [0.29, 0.717) is 35.9 Å². The summed E-state index contributed by atoms with van der Waals surface area (Å²) in [6.07, 6.45) is 2.08. The number of pyridine rings is 1. The monoisotopic (exact) mass is 492 g/mol. The van der Waals surface area contributed by atoms with Crippen molar-refractivity contribution in [3.8, 4) is 5.69 Å².